The molecule has 0 spiro atoms. The van der Waals surface area contributed by atoms with Crippen LogP contribution >= 0.6 is 11.6 Å². The molecule has 1 atom stereocenters. The lowest BCUT2D eigenvalue weighted by atomic mass is 10.2. The number of aliphatic hydroxyl groups is 1. The third kappa shape index (κ3) is 2.09. The van der Waals surface area contributed by atoms with Crippen molar-refractivity contribution in [3.05, 3.63) is 29.4 Å². The Morgan fingerprint density at radius 2 is 2.33 bits per heavy atom. The molecule has 2 rings (SSSR count). The van der Waals surface area contributed by atoms with Gasteiger partial charge in [-0.3, -0.25) is 0 Å². The Balaban J connectivity index is 2.38. The van der Waals surface area contributed by atoms with Gasteiger partial charge in [-0.1, -0.05) is 11.6 Å². The normalized spacial score (nSPS) is 13.3. The van der Waals surface area contributed by atoms with E-state index in [1.54, 1.807) is 23.0 Å². The molecular weight excluding hydrogens is 216 g/mol. The van der Waals surface area contributed by atoms with Crippen LogP contribution in [0.3, 0.4) is 0 Å². The van der Waals surface area contributed by atoms with Crippen molar-refractivity contribution in [1.29, 1.82) is 0 Å². The molecular formula is C9H11ClN4O. The minimum atomic E-state index is -0.256. The first-order valence-electron chi connectivity index (χ1n) is 4.57. The lowest BCUT2D eigenvalue weighted by molar-refractivity contribution is 0.276. The van der Waals surface area contributed by atoms with E-state index in [1.165, 1.54) is 0 Å². The topological polar surface area (TPSA) is 76.4 Å². The van der Waals surface area contributed by atoms with Crippen LogP contribution in [0.15, 0.2) is 18.6 Å². The molecule has 5 nitrogen and oxygen atoms in total. The standard InChI is InChI=1S/C9H11ClN4O/c10-8-5-14-4-7(6(11)1-2-15)13-9(14)3-12-8/h3-6,15H,1-2,11H2. The zero-order valence-corrected chi connectivity index (χ0v) is 8.72. The largest absolute Gasteiger partial charge is 0.396 e. The fourth-order valence-corrected chi connectivity index (χ4v) is 1.51. The van der Waals surface area contributed by atoms with E-state index < -0.39 is 0 Å². The van der Waals surface area contributed by atoms with Gasteiger partial charge in [-0.2, -0.15) is 0 Å². The van der Waals surface area contributed by atoms with Gasteiger partial charge in [-0.25, -0.2) is 9.97 Å². The van der Waals surface area contributed by atoms with E-state index in [9.17, 15) is 0 Å². The van der Waals surface area contributed by atoms with E-state index in [0.29, 0.717) is 17.2 Å². The predicted octanol–water partition coefficient (Wildman–Crippen LogP) is 0.765. The van der Waals surface area contributed by atoms with Gasteiger partial charge in [0, 0.05) is 19.0 Å². The third-order valence-electron chi connectivity index (χ3n) is 2.15. The lowest BCUT2D eigenvalue weighted by Gasteiger charge is -2.04. The molecule has 1 unspecified atom stereocenters. The Morgan fingerprint density at radius 1 is 1.53 bits per heavy atom. The van der Waals surface area contributed by atoms with Gasteiger partial charge in [0.2, 0.25) is 0 Å². The quantitative estimate of drug-likeness (QED) is 0.811. The molecule has 3 N–H and O–H groups in total. The summed E-state index contributed by atoms with van der Waals surface area (Å²) < 4.78 is 1.77. The van der Waals surface area contributed by atoms with Crippen LogP contribution < -0.4 is 5.73 Å². The van der Waals surface area contributed by atoms with E-state index >= 15 is 0 Å². The molecule has 0 radical (unpaired) electrons. The van der Waals surface area contributed by atoms with Gasteiger partial charge in [0.05, 0.1) is 17.9 Å². The minimum Gasteiger partial charge on any atom is -0.396 e. The first-order valence-corrected chi connectivity index (χ1v) is 4.95. The van der Waals surface area contributed by atoms with Crippen molar-refractivity contribution < 1.29 is 5.11 Å². The number of aliphatic hydroxyl groups excluding tert-OH is 1. The highest BCUT2D eigenvalue weighted by Gasteiger charge is 2.10. The zero-order chi connectivity index (χ0) is 10.8. The van der Waals surface area contributed by atoms with Crippen molar-refractivity contribution in [2.75, 3.05) is 6.61 Å². The van der Waals surface area contributed by atoms with Crippen LogP contribution in [0.2, 0.25) is 5.15 Å². The SMILES string of the molecule is NC(CCO)c1cn2cc(Cl)ncc2n1. The fraction of sp³-hybridized carbons (Fsp3) is 0.333. The monoisotopic (exact) mass is 226 g/mol. The molecule has 0 aromatic carbocycles. The predicted molar refractivity (Wildman–Crippen MR) is 56.6 cm³/mol. The van der Waals surface area contributed by atoms with Gasteiger partial charge in [0.25, 0.3) is 0 Å². The Labute approximate surface area is 91.5 Å². The first kappa shape index (κ1) is 10.4. The zero-order valence-electron chi connectivity index (χ0n) is 7.97. The molecule has 0 aliphatic carbocycles. The molecule has 0 bridgehead atoms. The average Bonchev–Trinajstić information content (AvgIpc) is 2.60. The molecule has 0 aliphatic rings. The van der Waals surface area contributed by atoms with E-state index in [-0.39, 0.29) is 12.6 Å². The Kier molecular flexibility index (Phi) is 2.86. The fourth-order valence-electron chi connectivity index (χ4n) is 1.36. The molecule has 0 saturated heterocycles. The van der Waals surface area contributed by atoms with Crippen molar-refractivity contribution >= 4 is 17.2 Å². The van der Waals surface area contributed by atoms with Crippen LogP contribution in [-0.4, -0.2) is 26.1 Å². The van der Waals surface area contributed by atoms with Crippen LogP contribution in [0.1, 0.15) is 18.2 Å². The number of aromatic nitrogens is 3. The van der Waals surface area contributed by atoms with Gasteiger partial charge in [-0.15, -0.1) is 0 Å². The van der Waals surface area contributed by atoms with Gasteiger partial charge in [0.15, 0.2) is 5.65 Å². The summed E-state index contributed by atoms with van der Waals surface area (Å²) in [6.07, 6.45) is 5.53. The second-order valence-electron chi connectivity index (χ2n) is 3.26. The van der Waals surface area contributed by atoms with Crippen molar-refractivity contribution in [3.8, 4) is 0 Å². The molecule has 0 saturated carbocycles. The average molecular weight is 227 g/mol. The van der Waals surface area contributed by atoms with Gasteiger partial charge >= 0.3 is 0 Å². The molecule has 0 amide bonds. The summed E-state index contributed by atoms with van der Waals surface area (Å²) in [5.74, 6) is 0. The smallest absolute Gasteiger partial charge is 0.155 e. The lowest BCUT2D eigenvalue weighted by Crippen LogP contribution is -2.12. The first-order chi connectivity index (χ1) is 7.20. The van der Waals surface area contributed by atoms with E-state index in [1.807, 2.05) is 0 Å². The number of nitrogens with two attached hydrogens (primary N) is 1. The Bertz CT molecular complexity index is 470. The number of halogens is 1. The summed E-state index contributed by atoms with van der Waals surface area (Å²) in [6, 6.07) is -0.256. The molecule has 2 heterocycles. The molecule has 15 heavy (non-hydrogen) atoms. The summed E-state index contributed by atoms with van der Waals surface area (Å²) in [7, 11) is 0. The van der Waals surface area contributed by atoms with Crippen molar-refractivity contribution in [1.82, 2.24) is 14.4 Å². The molecule has 0 fully saturated rings. The second-order valence-corrected chi connectivity index (χ2v) is 3.65. The number of fused-ring (bicyclic) bond motifs is 1. The van der Waals surface area contributed by atoms with E-state index in [4.69, 9.17) is 22.4 Å². The second kappa shape index (κ2) is 4.14. The van der Waals surface area contributed by atoms with Crippen LogP contribution in [0.5, 0.6) is 0 Å². The van der Waals surface area contributed by atoms with E-state index in [2.05, 4.69) is 9.97 Å². The van der Waals surface area contributed by atoms with Crippen molar-refractivity contribution in [2.24, 2.45) is 5.73 Å². The minimum absolute atomic E-state index is 0.0496. The van der Waals surface area contributed by atoms with Gasteiger partial charge in [0.1, 0.15) is 5.15 Å². The summed E-state index contributed by atoms with van der Waals surface area (Å²) >= 11 is 5.74. The number of imidazole rings is 1. The molecule has 80 valence electrons. The number of hydrogen-bond acceptors (Lipinski definition) is 4. The molecule has 2 aromatic heterocycles. The summed E-state index contributed by atoms with van der Waals surface area (Å²) in [6.45, 7) is 0.0496. The maximum Gasteiger partial charge on any atom is 0.155 e. The summed E-state index contributed by atoms with van der Waals surface area (Å²) in [5, 5.41) is 9.17. The number of rotatable bonds is 3. The van der Waals surface area contributed by atoms with Crippen LogP contribution in [0.4, 0.5) is 0 Å². The Morgan fingerprint density at radius 3 is 3.07 bits per heavy atom. The highest BCUT2D eigenvalue weighted by atomic mass is 35.5. The molecule has 0 aliphatic heterocycles. The maximum absolute atomic E-state index is 8.77. The van der Waals surface area contributed by atoms with Gasteiger partial charge in [-0.05, 0) is 6.42 Å². The highest BCUT2D eigenvalue weighted by Crippen LogP contribution is 2.14. The molecule has 6 heteroatoms. The summed E-state index contributed by atoms with van der Waals surface area (Å²) in [5.41, 5.74) is 7.24. The summed E-state index contributed by atoms with van der Waals surface area (Å²) in [4.78, 5) is 8.20. The maximum atomic E-state index is 8.77. The molecule has 2 aromatic rings. The third-order valence-corrected chi connectivity index (χ3v) is 2.34. The number of nitrogens with zero attached hydrogens (tertiary/aromatic N) is 3. The van der Waals surface area contributed by atoms with Crippen molar-refractivity contribution in [3.63, 3.8) is 0 Å². The van der Waals surface area contributed by atoms with Crippen LogP contribution in [-0.2, 0) is 0 Å². The number of hydrogen-bond donors (Lipinski definition) is 2. The Hall–Kier alpha value is -1.17. The van der Waals surface area contributed by atoms with Gasteiger partial charge < -0.3 is 15.2 Å². The van der Waals surface area contributed by atoms with Crippen molar-refractivity contribution in [2.45, 2.75) is 12.5 Å². The van der Waals surface area contributed by atoms with Crippen LogP contribution in [0, 0.1) is 0 Å². The van der Waals surface area contributed by atoms with E-state index in [0.717, 1.165) is 5.69 Å². The highest BCUT2D eigenvalue weighted by molar-refractivity contribution is 6.29. The van der Waals surface area contributed by atoms with Crippen LogP contribution in [0.25, 0.3) is 5.65 Å².